The van der Waals surface area contributed by atoms with Crippen molar-refractivity contribution in [3.63, 3.8) is 0 Å². The van der Waals surface area contributed by atoms with Gasteiger partial charge in [0.05, 0.1) is 0 Å². The molecule has 0 spiro atoms. The molecule has 0 bridgehead atoms. The van der Waals surface area contributed by atoms with Crippen LogP contribution in [0.2, 0.25) is 0 Å². The van der Waals surface area contributed by atoms with E-state index in [1.54, 1.807) is 0 Å². The van der Waals surface area contributed by atoms with Gasteiger partial charge in [-0.2, -0.15) is 0 Å². The van der Waals surface area contributed by atoms with Gasteiger partial charge in [0.15, 0.2) is 0 Å². The number of nitrogens with two attached hydrogens (primary N) is 1. The Balaban J connectivity index is 1.99. The van der Waals surface area contributed by atoms with Gasteiger partial charge in [0.2, 0.25) is 0 Å². The van der Waals surface area contributed by atoms with E-state index < -0.39 is 0 Å². The predicted octanol–water partition coefficient (Wildman–Crippen LogP) is 0.124. The first-order chi connectivity index (χ1) is 6.40. The molecule has 72 valence electrons. The highest BCUT2D eigenvalue weighted by molar-refractivity contribution is 5.06. The maximum atomic E-state index is 5.49. The zero-order valence-electron chi connectivity index (χ0n) is 7.57. The Labute approximate surface area is 76.9 Å². The van der Waals surface area contributed by atoms with Gasteiger partial charge in [-0.1, -0.05) is 10.3 Å². The van der Waals surface area contributed by atoms with E-state index in [1.807, 2.05) is 0 Å². The maximum Gasteiger partial charge on any atom is 0.123 e. The fourth-order valence-corrected chi connectivity index (χ4v) is 1.65. The fourth-order valence-electron chi connectivity index (χ4n) is 1.65. The third kappa shape index (κ3) is 1.87. The molecule has 5 heteroatoms. The minimum Gasteiger partial charge on any atom is -0.325 e. The third-order valence-electron chi connectivity index (χ3n) is 2.40. The van der Waals surface area contributed by atoms with Gasteiger partial charge in [-0.15, -0.1) is 0 Å². The van der Waals surface area contributed by atoms with Crippen LogP contribution in [-0.4, -0.2) is 28.3 Å². The summed E-state index contributed by atoms with van der Waals surface area (Å²) in [6.45, 7) is 3.54. The summed E-state index contributed by atoms with van der Waals surface area (Å²) in [5.41, 5.74) is 7.17. The van der Waals surface area contributed by atoms with E-state index in [-0.39, 0.29) is 0 Å². The SMILES string of the molecule is NCc1nonc1CN1CCCC1. The molecule has 1 aliphatic heterocycles. The molecular weight excluding hydrogens is 168 g/mol. The summed E-state index contributed by atoms with van der Waals surface area (Å²) >= 11 is 0. The molecular formula is C8H14N4O. The number of hydrogen-bond acceptors (Lipinski definition) is 5. The smallest absolute Gasteiger partial charge is 0.123 e. The Bertz CT molecular complexity index is 267. The van der Waals surface area contributed by atoms with Crippen molar-refractivity contribution in [1.29, 1.82) is 0 Å². The van der Waals surface area contributed by atoms with Crippen molar-refractivity contribution in [2.24, 2.45) is 5.73 Å². The van der Waals surface area contributed by atoms with Crippen LogP contribution in [0, 0.1) is 0 Å². The van der Waals surface area contributed by atoms with Crippen LogP contribution in [0.3, 0.4) is 0 Å². The number of hydrogen-bond donors (Lipinski definition) is 1. The summed E-state index contributed by atoms with van der Waals surface area (Å²) < 4.78 is 4.64. The first-order valence-corrected chi connectivity index (χ1v) is 4.63. The van der Waals surface area contributed by atoms with Crippen molar-refractivity contribution in [3.05, 3.63) is 11.4 Å². The number of rotatable bonds is 3. The lowest BCUT2D eigenvalue weighted by Crippen LogP contribution is -2.19. The third-order valence-corrected chi connectivity index (χ3v) is 2.40. The first-order valence-electron chi connectivity index (χ1n) is 4.63. The molecule has 13 heavy (non-hydrogen) atoms. The van der Waals surface area contributed by atoms with E-state index in [1.165, 1.54) is 12.8 Å². The molecule has 2 rings (SSSR count). The topological polar surface area (TPSA) is 68.2 Å². The highest BCUT2D eigenvalue weighted by Gasteiger charge is 2.16. The molecule has 2 N–H and O–H groups in total. The van der Waals surface area contributed by atoms with E-state index in [9.17, 15) is 0 Å². The monoisotopic (exact) mass is 182 g/mol. The Morgan fingerprint density at radius 2 is 1.92 bits per heavy atom. The Hall–Kier alpha value is -0.940. The van der Waals surface area contributed by atoms with E-state index in [2.05, 4.69) is 19.8 Å². The summed E-state index contributed by atoms with van der Waals surface area (Å²) in [5.74, 6) is 0. The molecule has 0 radical (unpaired) electrons. The van der Waals surface area contributed by atoms with Gasteiger partial charge >= 0.3 is 0 Å². The van der Waals surface area contributed by atoms with E-state index in [0.29, 0.717) is 6.54 Å². The second-order valence-electron chi connectivity index (χ2n) is 3.34. The number of aromatic nitrogens is 2. The van der Waals surface area contributed by atoms with Gasteiger partial charge in [0, 0.05) is 13.1 Å². The van der Waals surface area contributed by atoms with Crippen LogP contribution in [0.1, 0.15) is 24.2 Å². The minimum atomic E-state index is 0.409. The van der Waals surface area contributed by atoms with Gasteiger partial charge in [-0.25, -0.2) is 4.63 Å². The molecule has 0 amide bonds. The summed E-state index contributed by atoms with van der Waals surface area (Å²) in [6.07, 6.45) is 2.56. The maximum absolute atomic E-state index is 5.49. The highest BCUT2D eigenvalue weighted by atomic mass is 16.6. The standard InChI is InChI=1S/C8H14N4O/c9-5-7-8(11-13-10-7)6-12-3-1-2-4-12/h1-6,9H2. The van der Waals surface area contributed by atoms with Crippen molar-refractivity contribution in [2.45, 2.75) is 25.9 Å². The molecule has 1 aromatic rings. The van der Waals surface area contributed by atoms with Gasteiger partial charge in [-0.3, -0.25) is 4.90 Å². The zero-order valence-corrected chi connectivity index (χ0v) is 7.57. The lowest BCUT2D eigenvalue weighted by Gasteiger charge is -2.11. The van der Waals surface area contributed by atoms with Crippen LogP contribution in [0.5, 0.6) is 0 Å². The van der Waals surface area contributed by atoms with Crippen molar-refractivity contribution < 1.29 is 4.63 Å². The molecule has 1 saturated heterocycles. The van der Waals surface area contributed by atoms with Gasteiger partial charge in [0.1, 0.15) is 11.4 Å². The normalized spacial score (nSPS) is 18.2. The molecule has 0 saturated carbocycles. The molecule has 5 nitrogen and oxygen atoms in total. The Morgan fingerprint density at radius 3 is 2.62 bits per heavy atom. The van der Waals surface area contributed by atoms with E-state index in [0.717, 1.165) is 31.0 Å². The van der Waals surface area contributed by atoms with Crippen LogP contribution in [-0.2, 0) is 13.1 Å². The van der Waals surface area contributed by atoms with Gasteiger partial charge < -0.3 is 5.73 Å². The molecule has 1 fully saturated rings. The van der Waals surface area contributed by atoms with Crippen LogP contribution in [0.25, 0.3) is 0 Å². The molecule has 0 aliphatic carbocycles. The number of likely N-dealkylation sites (tertiary alicyclic amines) is 1. The summed E-state index contributed by atoms with van der Waals surface area (Å²) in [4.78, 5) is 2.35. The second kappa shape index (κ2) is 3.85. The summed E-state index contributed by atoms with van der Waals surface area (Å²) in [6, 6.07) is 0. The van der Waals surface area contributed by atoms with Crippen LogP contribution in [0.4, 0.5) is 0 Å². The highest BCUT2D eigenvalue weighted by Crippen LogP contribution is 2.12. The quantitative estimate of drug-likeness (QED) is 0.719. The lowest BCUT2D eigenvalue weighted by atomic mass is 10.3. The molecule has 2 heterocycles. The first kappa shape index (κ1) is 8.65. The average molecular weight is 182 g/mol. The van der Waals surface area contributed by atoms with Crippen molar-refractivity contribution in [3.8, 4) is 0 Å². The predicted molar refractivity (Wildman–Crippen MR) is 46.7 cm³/mol. The van der Waals surface area contributed by atoms with Crippen molar-refractivity contribution in [2.75, 3.05) is 13.1 Å². The van der Waals surface area contributed by atoms with Crippen LogP contribution < -0.4 is 5.73 Å². The van der Waals surface area contributed by atoms with Crippen molar-refractivity contribution in [1.82, 2.24) is 15.2 Å². The van der Waals surface area contributed by atoms with E-state index in [4.69, 9.17) is 5.73 Å². The minimum absolute atomic E-state index is 0.409. The van der Waals surface area contributed by atoms with Crippen molar-refractivity contribution >= 4 is 0 Å². The largest absolute Gasteiger partial charge is 0.325 e. The summed E-state index contributed by atoms with van der Waals surface area (Å²) in [5, 5.41) is 7.58. The molecule has 0 unspecified atom stereocenters. The Morgan fingerprint density at radius 1 is 1.23 bits per heavy atom. The molecule has 0 aromatic carbocycles. The Kier molecular flexibility index (Phi) is 2.56. The molecule has 1 aromatic heterocycles. The lowest BCUT2D eigenvalue weighted by molar-refractivity contribution is 0.283. The fraction of sp³-hybridized carbons (Fsp3) is 0.750. The van der Waals surface area contributed by atoms with Gasteiger partial charge in [0.25, 0.3) is 0 Å². The summed E-state index contributed by atoms with van der Waals surface area (Å²) in [7, 11) is 0. The van der Waals surface area contributed by atoms with Crippen LogP contribution in [0.15, 0.2) is 4.63 Å². The van der Waals surface area contributed by atoms with E-state index >= 15 is 0 Å². The van der Waals surface area contributed by atoms with Gasteiger partial charge in [-0.05, 0) is 25.9 Å². The number of nitrogens with zero attached hydrogens (tertiary/aromatic N) is 3. The van der Waals surface area contributed by atoms with Crippen LogP contribution >= 0.6 is 0 Å². The molecule has 0 atom stereocenters. The zero-order chi connectivity index (χ0) is 9.10. The average Bonchev–Trinajstić information content (AvgIpc) is 2.76. The second-order valence-corrected chi connectivity index (χ2v) is 3.34. The molecule has 1 aliphatic rings.